The lowest BCUT2D eigenvalue weighted by molar-refractivity contribution is 0.101. The van der Waals surface area contributed by atoms with Crippen LogP contribution in [0.4, 0.5) is 26.1 Å². The van der Waals surface area contributed by atoms with Gasteiger partial charge < -0.3 is 24.3 Å². The van der Waals surface area contributed by atoms with E-state index in [9.17, 15) is 18.4 Å². The molecular weight excluding hydrogens is 508 g/mol. The molecule has 0 spiro atoms. The van der Waals surface area contributed by atoms with Gasteiger partial charge in [-0.3, -0.25) is 4.79 Å². The minimum atomic E-state index is -0.709. The molecule has 1 aliphatic heterocycles. The van der Waals surface area contributed by atoms with Crippen LogP contribution >= 0.6 is 0 Å². The van der Waals surface area contributed by atoms with E-state index in [1.54, 1.807) is 18.2 Å². The highest BCUT2D eigenvalue weighted by molar-refractivity contribution is 6.07. The fourth-order valence-electron chi connectivity index (χ4n) is 4.80. The summed E-state index contributed by atoms with van der Waals surface area (Å²) in [6.45, 7) is 7.37. The van der Waals surface area contributed by atoms with Gasteiger partial charge in [-0.05, 0) is 37.7 Å². The number of carbonyl (C=O) groups excluding carboxylic acids is 1. The van der Waals surface area contributed by atoms with Gasteiger partial charge in [-0.1, -0.05) is 6.92 Å². The lowest BCUT2D eigenvalue weighted by Gasteiger charge is -2.36. The van der Waals surface area contributed by atoms with Crippen molar-refractivity contribution >= 4 is 34.1 Å². The number of benzene rings is 2. The van der Waals surface area contributed by atoms with Gasteiger partial charge >= 0.3 is 5.63 Å². The molecule has 2 aromatic carbocycles. The van der Waals surface area contributed by atoms with Crippen LogP contribution in [0, 0.1) is 11.6 Å². The van der Waals surface area contributed by atoms with Crippen LogP contribution < -0.4 is 20.6 Å². The van der Waals surface area contributed by atoms with Crippen molar-refractivity contribution in [2.75, 3.05) is 50.1 Å². The Morgan fingerprint density at radius 2 is 1.90 bits per heavy atom. The maximum atomic E-state index is 14.6. The fraction of sp³-hybridized carbons (Fsp3) is 0.286. The molecule has 0 radical (unpaired) electrons. The van der Waals surface area contributed by atoms with Gasteiger partial charge in [-0.25, -0.2) is 23.5 Å². The van der Waals surface area contributed by atoms with Crippen molar-refractivity contribution < 1.29 is 22.7 Å². The summed E-state index contributed by atoms with van der Waals surface area (Å²) in [5.74, 6) is -1.40. The number of rotatable bonds is 7. The van der Waals surface area contributed by atoms with Crippen molar-refractivity contribution in [2.45, 2.75) is 13.8 Å². The number of methoxy groups -OCH3 is 1. The molecule has 0 atom stereocenters. The largest absolute Gasteiger partial charge is 0.496 e. The van der Waals surface area contributed by atoms with Gasteiger partial charge in [-0.15, -0.1) is 0 Å². The van der Waals surface area contributed by atoms with Gasteiger partial charge in [0.25, 0.3) is 0 Å². The molecule has 1 saturated heterocycles. The van der Waals surface area contributed by atoms with E-state index in [1.165, 1.54) is 26.2 Å². The highest BCUT2D eigenvalue weighted by Gasteiger charge is 2.26. The molecule has 0 unspecified atom stereocenters. The Balaban J connectivity index is 1.52. The van der Waals surface area contributed by atoms with Gasteiger partial charge in [0.15, 0.2) is 11.6 Å². The van der Waals surface area contributed by atoms with Gasteiger partial charge in [0.1, 0.15) is 28.4 Å². The third-order valence-corrected chi connectivity index (χ3v) is 6.79. The van der Waals surface area contributed by atoms with Crippen molar-refractivity contribution in [1.82, 2.24) is 14.9 Å². The number of ether oxygens (including phenoxy) is 1. The Labute approximate surface area is 223 Å². The Hall–Kier alpha value is -4.38. The van der Waals surface area contributed by atoms with Crippen molar-refractivity contribution in [1.29, 1.82) is 0 Å². The minimum Gasteiger partial charge on any atom is -0.496 e. The van der Waals surface area contributed by atoms with E-state index in [2.05, 4.69) is 32.0 Å². The van der Waals surface area contributed by atoms with Crippen LogP contribution in [0.5, 0.6) is 5.75 Å². The SMILES string of the molecule is CCN1CCN(c2c(C(C)=O)c(=O)oc3cc(Nc4ncc(F)c(-c5ccc(F)cc5OC)n4)ccc23)CC1. The number of hydrogen-bond donors (Lipinski definition) is 1. The summed E-state index contributed by atoms with van der Waals surface area (Å²) >= 11 is 0. The van der Waals surface area contributed by atoms with Crippen LogP contribution in [0.25, 0.3) is 22.2 Å². The number of aromatic nitrogens is 2. The first kappa shape index (κ1) is 26.2. The number of ketones is 1. The Kier molecular flexibility index (Phi) is 7.25. The molecule has 1 fully saturated rings. The molecule has 11 heteroatoms. The van der Waals surface area contributed by atoms with E-state index < -0.39 is 17.3 Å². The zero-order chi connectivity index (χ0) is 27.7. The quantitative estimate of drug-likeness (QED) is 0.268. The van der Waals surface area contributed by atoms with E-state index in [-0.39, 0.29) is 39.9 Å². The Morgan fingerprint density at radius 3 is 2.59 bits per heavy atom. The topological polar surface area (TPSA) is 101 Å². The van der Waals surface area contributed by atoms with Gasteiger partial charge in [0.2, 0.25) is 5.95 Å². The van der Waals surface area contributed by atoms with Crippen LogP contribution in [-0.4, -0.2) is 60.5 Å². The second-order valence-electron chi connectivity index (χ2n) is 9.16. The van der Waals surface area contributed by atoms with Gasteiger partial charge in [0, 0.05) is 54.9 Å². The summed E-state index contributed by atoms with van der Waals surface area (Å²) in [5, 5.41) is 3.63. The maximum Gasteiger partial charge on any atom is 0.349 e. The number of likely N-dealkylation sites (N-methyl/N-ethyl adjacent to an activating group) is 1. The first-order valence-electron chi connectivity index (χ1n) is 12.5. The molecule has 0 amide bonds. The zero-order valence-electron chi connectivity index (χ0n) is 21.8. The van der Waals surface area contributed by atoms with Crippen molar-refractivity contribution in [2.24, 2.45) is 0 Å². The molecule has 1 N–H and O–H groups in total. The molecule has 39 heavy (non-hydrogen) atoms. The number of Topliss-reactive ketones (excluding diaryl/α,β-unsaturated/α-hetero) is 1. The van der Waals surface area contributed by atoms with Crippen molar-refractivity contribution in [3.05, 3.63) is 70.2 Å². The predicted octanol–water partition coefficient (Wildman–Crippen LogP) is 4.62. The maximum absolute atomic E-state index is 14.6. The monoisotopic (exact) mass is 535 g/mol. The number of halogens is 2. The zero-order valence-corrected chi connectivity index (χ0v) is 21.8. The average Bonchev–Trinajstić information content (AvgIpc) is 2.93. The van der Waals surface area contributed by atoms with Crippen LogP contribution in [0.2, 0.25) is 0 Å². The van der Waals surface area contributed by atoms with Gasteiger partial charge in [0.05, 0.1) is 19.0 Å². The lowest BCUT2D eigenvalue weighted by Crippen LogP contribution is -2.47. The number of carbonyl (C=O) groups is 1. The van der Waals surface area contributed by atoms with E-state index in [1.807, 2.05) is 0 Å². The molecule has 3 heterocycles. The number of fused-ring (bicyclic) bond motifs is 1. The Bertz CT molecular complexity index is 1620. The normalized spacial score (nSPS) is 14.0. The molecule has 9 nitrogen and oxygen atoms in total. The number of hydrogen-bond acceptors (Lipinski definition) is 9. The third-order valence-electron chi connectivity index (χ3n) is 6.79. The molecule has 0 saturated carbocycles. The van der Waals surface area contributed by atoms with Crippen molar-refractivity contribution in [3.63, 3.8) is 0 Å². The number of nitrogens with zero attached hydrogens (tertiary/aromatic N) is 4. The first-order chi connectivity index (χ1) is 18.8. The molecule has 202 valence electrons. The highest BCUT2D eigenvalue weighted by atomic mass is 19.1. The van der Waals surface area contributed by atoms with E-state index in [4.69, 9.17) is 9.15 Å². The summed E-state index contributed by atoms with van der Waals surface area (Å²) < 4.78 is 39.0. The second-order valence-corrected chi connectivity index (χ2v) is 9.16. The van der Waals surface area contributed by atoms with Crippen LogP contribution in [-0.2, 0) is 0 Å². The first-order valence-corrected chi connectivity index (χ1v) is 12.5. The average molecular weight is 536 g/mol. The summed E-state index contributed by atoms with van der Waals surface area (Å²) in [5.41, 5.74) is 0.848. The number of anilines is 3. The lowest BCUT2D eigenvalue weighted by atomic mass is 10.0. The van der Waals surface area contributed by atoms with E-state index in [0.717, 1.165) is 31.9 Å². The smallest absolute Gasteiger partial charge is 0.349 e. The van der Waals surface area contributed by atoms with Crippen LogP contribution in [0.3, 0.4) is 0 Å². The second kappa shape index (κ2) is 10.8. The predicted molar refractivity (Wildman–Crippen MR) is 144 cm³/mol. The molecule has 0 bridgehead atoms. The molecule has 0 aliphatic carbocycles. The molecule has 4 aromatic rings. The highest BCUT2D eigenvalue weighted by Crippen LogP contribution is 2.34. The molecule has 1 aliphatic rings. The number of piperazine rings is 1. The van der Waals surface area contributed by atoms with Crippen molar-refractivity contribution in [3.8, 4) is 17.0 Å². The summed E-state index contributed by atoms with van der Waals surface area (Å²) in [4.78, 5) is 38.0. The van der Waals surface area contributed by atoms with Crippen LogP contribution in [0.1, 0.15) is 24.2 Å². The standard InChI is InChI=1S/C28H27F2N5O4/c1-4-34-9-11-35(12-10-34)26-20-8-6-18(14-23(20)39-27(37)24(26)16(2)36)32-28-31-15-21(30)25(33-28)19-7-5-17(29)13-22(19)38-3/h5-8,13-15H,4,9-12H2,1-3H3,(H,31,32,33). The summed E-state index contributed by atoms with van der Waals surface area (Å²) in [6.07, 6.45) is 1.00. The summed E-state index contributed by atoms with van der Waals surface area (Å²) in [6, 6.07) is 8.82. The fourth-order valence-corrected chi connectivity index (χ4v) is 4.80. The number of nitrogens with one attached hydrogen (secondary N) is 1. The van der Waals surface area contributed by atoms with Gasteiger partial charge in [-0.2, -0.15) is 0 Å². The molecular formula is C28H27F2N5O4. The molecule has 2 aromatic heterocycles. The van der Waals surface area contributed by atoms with E-state index >= 15 is 0 Å². The summed E-state index contributed by atoms with van der Waals surface area (Å²) in [7, 11) is 1.36. The molecule has 5 rings (SSSR count). The minimum absolute atomic E-state index is 0.0351. The third kappa shape index (κ3) is 5.17. The Morgan fingerprint density at radius 1 is 1.13 bits per heavy atom. The van der Waals surface area contributed by atoms with Crippen LogP contribution in [0.15, 0.2) is 51.8 Å². The van der Waals surface area contributed by atoms with E-state index in [0.29, 0.717) is 29.9 Å².